The van der Waals surface area contributed by atoms with E-state index in [1.165, 1.54) is 33.2 Å². The van der Waals surface area contributed by atoms with Crippen molar-refractivity contribution in [1.82, 2.24) is 14.6 Å². The molecule has 5 rings (SSSR count). The van der Waals surface area contributed by atoms with Crippen molar-refractivity contribution in [2.75, 3.05) is 0 Å². The first-order valence-electron chi connectivity index (χ1n) is 7.40. The maximum absolute atomic E-state index is 11.4. The molecule has 0 spiro atoms. The van der Waals surface area contributed by atoms with E-state index in [-0.39, 0.29) is 5.56 Å². The number of aromatic carboxylic acids is 1. The summed E-state index contributed by atoms with van der Waals surface area (Å²) in [6.07, 6.45) is 8.42. The average molecular weight is 345 g/mol. The number of carboxylic acids is 1. The van der Waals surface area contributed by atoms with Crippen LogP contribution in [0.2, 0.25) is 0 Å². The fourth-order valence-corrected chi connectivity index (χ4v) is 3.33. The second-order valence-electron chi connectivity index (χ2n) is 5.33. The molecule has 3 heterocycles. The van der Waals surface area contributed by atoms with Crippen molar-refractivity contribution in [3.05, 3.63) is 65.3 Å². The van der Waals surface area contributed by atoms with Crippen LogP contribution in [-0.4, -0.2) is 25.7 Å². The smallest absolute Gasteiger partial charge is 0.339 e. The Bertz CT molecular complexity index is 1130. The summed E-state index contributed by atoms with van der Waals surface area (Å²) in [6, 6.07) is 12.0. The number of nitrogens with zero attached hydrogens (tertiary/aromatic N) is 3. The van der Waals surface area contributed by atoms with Gasteiger partial charge in [0.25, 0.3) is 0 Å². The lowest BCUT2D eigenvalue weighted by Crippen LogP contribution is -2.05. The van der Waals surface area contributed by atoms with E-state index in [2.05, 4.69) is 40.3 Å². The minimum Gasteiger partial charge on any atom is -0.478 e. The van der Waals surface area contributed by atoms with Crippen molar-refractivity contribution >= 4 is 23.0 Å². The Morgan fingerprint density at radius 3 is 2.64 bits per heavy atom. The Balaban J connectivity index is 0.000000217. The highest BCUT2D eigenvalue weighted by molar-refractivity contribution is 7.13. The molecule has 25 heavy (non-hydrogen) atoms. The maximum Gasteiger partial charge on any atom is 0.339 e. The number of carboxylic acid groups (broad SMARTS) is 1. The molecule has 3 aromatic heterocycles. The minimum atomic E-state index is -1.06. The Morgan fingerprint density at radius 1 is 1.24 bits per heavy atom. The monoisotopic (exact) mass is 345 g/mol. The largest absolute Gasteiger partial charge is 0.478 e. The zero-order valence-electron chi connectivity index (χ0n) is 12.9. The SMILES string of the molecule is C#Cc1ccsc1-c1nc2ccnn2cc1C(=O)O.c1cc2cc-2c1. The summed E-state index contributed by atoms with van der Waals surface area (Å²) in [5.74, 6) is 1.48. The molecule has 0 saturated carbocycles. The standard InChI is InChI=1S/C13H7N3O2S.C6H4/c1-2-8-4-6-19-12(8)11-9(13(17)18)7-16-10(15-11)3-5-14-16;1-2-5-4-6(5)3-1/h1,3-7H,(H,17,18);1-4H. The molecule has 2 aliphatic rings. The summed E-state index contributed by atoms with van der Waals surface area (Å²) < 4.78 is 1.43. The predicted molar refractivity (Wildman–Crippen MR) is 96.6 cm³/mol. The van der Waals surface area contributed by atoms with Crippen LogP contribution in [0.5, 0.6) is 0 Å². The number of terminal acetylenes is 1. The number of rotatable bonds is 2. The third-order valence-electron chi connectivity index (χ3n) is 3.76. The highest BCUT2D eigenvalue weighted by Gasteiger charge is 2.18. The fourth-order valence-electron chi connectivity index (χ4n) is 2.46. The lowest BCUT2D eigenvalue weighted by molar-refractivity contribution is 0.0696. The molecule has 0 unspecified atom stereocenters. The zero-order chi connectivity index (χ0) is 17.4. The van der Waals surface area contributed by atoms with Crippen LogP contribution in [0.15, 0.2) is 54.2 Å². The summed E-state index contributed by atoms with van der Waals surface area (Å²) in [5.41, 5.74) is 4.53. The van der Waals surface area contributed by atoms with E-state index >= 15 is 0 Å². The lowest BCUT2D eigenvalue weighted by Gasteiger charge is -2.05. The van der Waals surface area contributed by atoms with Crippen LogP contribution in [-0.2, 0) is 0 Å². The molecule has 0 aliphatic heterocycles. The second kappa shape index (κ2) is 5.89. The van der Waals surface area contributed by atoms with Gasteiger partial charge in [-0.15, -0.1) is 17.8 Å². The summed E-state index contributed by atoms with van der Waals surface area (Å²) in [4.78, 5) is 16.4. The van der Waals surface area contributed by atoms with E-state index in [0.717, 1.165) is 0 Å². The first-order chi connectivity index (χ1) is 12.2. The Labute approximate surface area is 147 Å². The van der Waals surface area contributed by atoms with Gasteiger partial charge in [-0.25, -0.2) is 14.3 Å². The number of benzene rings is 1. The lowest BCUT2D eigenvalue weighted by atomic mass is 10.1. The third kappa shape index (κ3) is 2.77. The first kappa shape index (κ1) is 15.1. The van der Waals surface area contributed by atoms with Gasteiger partial charge >= 0.3 is 5.97 Å². The maximum atomic E-state index is 11.4. The van der Waals surface area contributed by atoms with Crippen LogP contribution in [0.4, 0.5) is 0 Å². The normalized spacial score (nSPS) is 10.7. The van der Waals surface area contributed by atoms with Crippen molar-refractivity contribution in [3.8, 4) is 34.0 Å². The predicted octanol–water partition coefficient (Wildman–Crippen LogP) is 3.80. The molecule has 0 amide bonds. The topological polar surface area (TPSA) is 67.5 Å². The van der Waals surface area contributed by atoms with Crippen LogP contribution in [0.3, 0.4) is 0 Å². The summed E-state index contributed by atoms with van der Waals surface area (Å²) >= 11 is 1.37. The quantitative estimate of drug-likeness (QED) is 0.494. The van der Waals surface area contributed by atoms with Gasteiger partial charge in [0.1, 0.15) is 11.3 Å². The molecular formula is C19H11N3O2S. The molecule has 0 aromatic carbocycles. The van der Waals surface area contributed by atoms with Gasteiger partial charge in [-0.05, 0) is 28.6 Å². The van der Waals surface area contributed by atoms with E-state index in [1.807, 2.05) is 5.38 Å². The van der Waals surface area contributed by atoms with Gasteiger partial charge in [0.05, 0.1) is 11.1 Å². The van der Waals surface area contributed by atoms with Gasteiger partial charge in [-0.3, -0.25) is 0 Å². The number of hydrogen-bond donors (Lipinski definition) is 1. The molecule has 3 aromatic rings. The van der Waals surface area contributed by atoms with Crippen LogP contribution in [0, 0.1) is 12.3 Å². The molecule has 120 valence electrons. The summed E-state index contributed by atoms with van der Waals surface area (Å²) in [5, 5.41) is 15.1. The highest BCUT2D eigenvalue weighted by atomic mass is 32.1. The van der Waals surface area contributed by atoms with Gasteiger partial charge in [-0.1, -0.05) is 24.1 Å². The molecule has 0 bridgehead atoms. The van der Waals surface area contributed by atoms with E-state index in [4.69, 9.17) is 6.42 Å². The summed E-state index contributed by atoms with van der Waals surface area (Å²) in [6.45, 7) is 0. The third-order valence-corrected chi connectivity index (χ3v) is 4.68. The van der Waals surface area contributed by atoms with Crippen molar-refractivity contribution in [1.29, 1.82) is 0 Å². The van der Waals surface area contributed by atoms with Crippen molar-refractivity contribution in [2.24, 2.45) is 0 Å². The molecule has 0 fully saturated rings. The molecule has 1 N–H and O–H groups in total. The molecule has 0 atom stereocenters. The van der Waals surface area contributed by atoms with Gasteiger partial charge in [0.15, 0.2) is 5.65 Å². The van der Waals surface area contributed by atoms with Crippen molar-refractivity contribution in [2.45, 2.75) is 0 Å². The Kier molecular flexibility index (Phi) is 3.56. The van der Waals surface area contributed by atoms with Crippen LogP contribution in [0.1, 0.15) is 15.9 Å². The van der Waals surface area contributed by atoms with Crippen LogP contribution < -0.4 is 0 Å². The molecule has 0 radical (unpaired) electrons. The Morgan fingerprint density at radius 2 is 2.04 bits per heavy atom. The minimum absolute atomic E-state index is 0.0788. The van der Waals surface area contributed by atoms with Crippen LogP contribution in [0.25, 0.3) is 27.3 Å². The van der Waals surface area contributed by atoms with Gasteiger partial charge < -0.3 is 5.11 Å². The van der Waals surface area contributed by atoms with Gasteiger partial charge in [0, 0.05) is 17.8 Å². The molecule has 5 nitrogen and oxygen atoms in total. The van der Waals surface area contributed by atoms with Gasteiger partial charge in [-0.2, -0.15) is 5.10 Å². The highest BCUT2D eigenvalue weighted by Crippen LogP contribution is 2.32. The second-order valence-corrected chi connectivity index (χ2v) is 6.25. The number of aromatic nitrogens is 3. The van der Waals surface area contributed by atoms with Gasteiger partial charge in [0.2, 0.25) is 0 Å². The average Bonchev–Trinajstić information content (AvgIpc) is 3.08. The van der Waals surface area contributed by atoms with Crippen molar-refractivity contribution < 1.29 is 9.90 Å². The Hall–Kier alpha value is -3.43. The summed E-state index contributed by atoms with van der Waals surface area (Å²) in [7, 11) is 0. The molecule has 6 heteroatoms. The van der Waals surface area contributed by atoms with Crippen molar-refractivity contribution in [3.63, 3.8) is 0 Å². The van der Waals surface area contributed by atoms with E-state index < -0.39 is 5.97 Å². The first-order valence-corrected chi connectivity index (χ1v) is 8.28. The molecule has 0 saturated heterocycles. The zero-order valence-corrected chi connectivity index (χ0v) is 13.7. The number of carbonyl (C=O) groups is 1. The van der Waals surface area contributed by atoms with E-state index in [1.54, 1.807) is 18.3 Å². The number of thiophene rings is 1. The number of fused-ring (bicyclic) bond motifs is 2. The number of hydrogen-bond acceptors (Lipinski definition) is 4. The molecular weight excluding hydrogens is 334 g/mol. The fraction of sp³-hybridized carbons (Fsp3) is 0. The molecule has 2 aliphatic carbocycles. The van der Waals surface area contributed by atoms with Crippen LogP contribution >= 0.6 is 11.3 Å². The van der Waals surface area contributed by atoms with E-state index in [0.29, 0.717) is 21.8 Å². The van der Waals surface area contributed by atoms with E-state index in [9.17, 15) is 9.90 Å².